The Labute approximate surface area is 106 Å². The average Bonchev–Trinajstić information content (AvgIpc) is 2.80. The Kier molecular flexibility index (Phi) is 3.14. The summed E-state index contributed by atoms with van der Waals surface area (Å²) in [6, 6.07) is 0. The smallest absolute Gasteiger partial charge is 0.307 e. The molecule has 0 spiro atoms. The van der Waals surface area contributed by atoms with Gasteiger partial charge in [-0.25, -0.2) is 0 Å². The van der Waals surface area contributed by atoms with Crippen LogP contribution in [0.4, 0.5) is 0 Å². The number of hydrogen-bond donors (Lipinski definition) is 1. The zero-order chi connectivity index (χ0) is 12.8. The number of rotatable bonds is 2. The molecule has 17 heavy (non-hydrogen) atoms. The third-order valence-corrected chi connectivity index (χ3v) is 5.05. The van der Waals surface area contributed by atoms with E-state index in [0.717, 1.165) is 18.8 Å². The number of thioether (sulfide) groups is 1. The fraction of sp³-hybridized carbons (Fsp3) is 0.833. The lowest BCUT2D eigenvalue weighted by Gasteiger charge is -2.31. The number of amides is 1. The largest absolute Gasteiger partial charge is 0.481 e. The summed E-state index contributed by atoms with van der Waals surface area (Å²) in [5, 5.41) is 9.54. The maximum absolute atomic E-state index is 12.3. The number of nitrogens with zero attached hydrogens (tertiary/aromatic N) is 1. The Morgan fingerprint density at radius 1 is 1.35 bits per heavy atom. The van der Waals surface area contributed by atoms with E-state index in [4.69, 9.17) is 5.11 Å². The molecule has 1 saturated carbocycles. The molecular formula is C12H19NO3S. The van der Waals surface area contributed by atoms with Crippen LogP contribution in [0.15, 0.2) is 0 Å². The topological polar surface area (TPSA) is 57.6 Å². The minimum Gasteiger partial charge on any atom is -0.481 e. The second kappa shape index (κ2) is 4.19. The molecule has 3 atom stereocenters. The highest BCUT2D eigenvalue weighted by Crippen LogP contribution is 2.59. The normalized spacial score (nSPS) is 35.5. The van der Waals surface area contributed by atoms with E-state index in [1.165, 1.54) is 0 Å². The number of carbonyl (C=O) groups is 2. The van der Waals surface area contributed by atoms with Gasteiger partial charge in [-0.2, -0.15) is 11.8 Å². The van der Waals surface area contributed by atoms with Crippen LogP contribution in [0.5, 0.6) is 0 Å². The Morgan fingerprint density at radius 3 is 2.47 bits per heavy atom. The average molecular weight is 257 g/mol. The summed E-state index contributed by atoms with van der Waals surface area (Å²) in [6.45, 7) is 7.36. The lowest BCUT2D eigenvalue weighted by atomic mass is 10.1. The van der Waals surface area contributed by atoms with E-state index in [0.29, 0.717) is 5.25 Å². The van der Waals surface area contributed by atoms with Gasteiger partial charge in [0.15, 0.2) is 0 Å². The summed E-state index contributed by atoms with van der Waals surface area (Å²) in [4.78, 5) is 25.2. The molecule has 1 aliphatic heterocycles. The summed E-state index contributed by atoms with van der Waals surface area (Å²) < 4.78 is 0. The van der Waals surface area contributed by atoms with Crippen LogP contribution in [0, 0.1) is 17.3 Å². The van der Waals surface area contributed by atoms with E-state index in [9.17, 15) is 9.59 Å². The third kappa shape index (κ3) is 2.17. The van der Waals surface area contributed by atoms with Crippen LogP contribution in [-0.2, 0) is 9.59 Å². The molecule has 1 amide bonds. The summed E-state index contributed by atoms with van der Waals surface area (Å²) in [5.41, 5.74) is -0.378. The van der Waals surface area contributed by atoms with Gasteiger partial charge in [-0.15, -0.1) is 0 Å². The van der Waals surface area contributed by atoms with E-state index in [2.05, 4.69) is 6.92 Å². The number of hydrogen-bond acceptors (Lipinski definition) is 3. The van der Waals surface area contributed by atoms with Crippen LogP contribution in [0.25, 0.3) is 0 Å². The SMILES string of the molecule is CC1CN(C(=O)C2C(C(=O)O)C2(C)C)CCS1. The van der Waals surface area contributed by atoms with E-state index in [1.807, 2.05) is 30.5 Å². The maximum Gasteiger partial charge on any atom is 0.307 e. The standard InChI is InChI=1S/C12H19NO3S/c1-7-6-13(4-5-17-7)10(14)8-9(11(15)16)12(8,2)3/h7-9H,4-6H2,1-3H3,(H,15,16). The summed E-state index contributed by atoms with van der Waals surface area (Å²) in [6.07, 6.45) is 0. The zero-order valence-electron chi connectivity index (χ0n) is 10.5. The first-order chi connectivity index (χ1) is 7.85. The lowest BCUT2D eigenvalue weighted by Crippen LogP contribution is -2.42. The molecule has 4 nitrogen and oxygen atoms in total. The Balaban J connectivity index is 2.04. The Hall–Kier alpha value is -0.710. The molecule has 1 heterocycles. The van der Waals surface area contributed by atoms with Crippen molar-refractivity contribution in [1.82, 2.24) is 4.90 Å². The highest BCUT2D eigenvalue weighted by Gasteiger charge is 2.66. The van der Waals surface area contributed by atoms with Crippen molar-refractivity contribution in [3.05, 3.63) is 0 Å². The molecule has 96 valence electrons. The van der Waals surface area contributed by atoms with Crippen LogP contribution >= 0.6 is 11.8 Å². The molecule has 0 aromatic heterocycles. The van der Waals surface area contributed by atoms with E-state index in [1.54, 1.807) is 0 Å². The molecule has 0 aromatic carbocycles. The van der Waals surface area contributed by atoms with Gasteiger partial charge in [0.25, 0.3) is 0 Å². The first kappa shape index (κ1) is 12.7. The zero-order valence-corrected chi connectivity index (χ0v) is 11.3. The first-order valence-corrected chi connectivity index (χ1v) is 7.03. The van der Waals surface area contributed by atoms with Crippen LogP contribution < -0.4 is 0 Å². The fourth-order valence-electron chi connectivity index (χ4n) is 2.77. The lowest BCUT2D eigenvalue weighted by molar-refractivity contribution is -0.142. The van der Waals surface area contributed by atoms with Gasteiger partial charge in [0, 0.05) is 24.1 Å². The minimum atomic E-state index is -0.840. The van der Waals surface area contributed by atoms with Crippen LogP contribution in [-0.4, -0.2) is 46.0 Å². The van der Waals surface area contributed by atoms with Crippen molar-refractivity contribution in [2.24, 2.45) is 17.3 Å². The molecular weight excluding hydrogens is 238 g/mol. The maximum atomic E-state index is 12.3. The van der Waals surface area contributed by atoms with Gasteiger partial charge < -0.3 is 10.0 Å². The van der Waals surface area contributed by atoms with Crippen LogP contribution in [0.2, 0.25) is 0 Å². The number of carboxylic acid groups (broad SMARTS) is 1. The molecule has 5 heteroatoms. The molecule has 0 radical (unpaired) electrons. The molecule has 2 aliphatic rings. The third-order valence-electron chi connectivity index (χ3n) is 3.91. The Morgan fingerprint density at radius 2 is 2.00 bits per heavy atom. The van der Waals surface area contributed by atoms with E-state index < -0.39 is 11.9 Å². The van der Waals surface area contributed by atoms with Gasteiger partial charge in [0.2, 0.25) is 5.91 Å². The van der Waals surface area contributed by atoms with Crippen LogP contribution in [0.3, 0.4) is 0 Å². The van der Waals surface area contributed by atoms with Crippen molar-refractivity contribution in [3.63, 3.8) is 0 Å². The van der Waals surface area contributed by atoms with Crippen LogP contribution in [0.1, 0.15) is 20.8 Å². The van der Waals surface area contributed by atoms with Crippen molar-refractivity contribution in [1.29, 1.82) is 0 Å². The molecule has 1 aliphatic carbocycles. The molecule has 0 bridgehead atoms. The molecule has 2 rings (SSSR count). The monoisotopic (exact) mass is 257 g/mol. The quantitative estimate of drug-likeness (QED) is 0.810. The second-order valence-electron chi connectivity index (χ2n) is 5.58. The van der Waals surface area contributed by atoms with Crippen molar-refractivity contribution in [3.8, 4) is 0 Å². The number of carboxylic acids is 1. The molecule has 1 N–H and O–H groups in total. The predicted molar refractivity (Wildman–Crippen MR) is 66.9 cm³/mol. The van der Waals surface area contributed by atoms with E-state index >= 15 is 0 Å². The van der Waals surface area contributed by atoms with Crippen molar-refractivity contribution >= 4 is 23.6 Å². The first-order valence-electron chi connectivity index (χ1n) is 5.99. The summed E-state index contributed by atoms with van der Waals surface area (Å²) in [7, 11) is 0. The van der Waals surface area contributed by atoms with Gasteiger partial charge in [0.05, 0.1) is 11.8 Å². The molecule has 0 aromatic rings. The molecule has 2 fully saturated rings. The molecule has 3 unspecified atom stereocenters. The van der Waals surface area contributed by atoms with Crippen molar-refractivity contribution in [2.45, 2.75) is 26.0 Å². The highest BCUT2D eigenvalue weighted by atomic mass is 32.2. The van der Waals surface area contributed by atoms with Crippen molar-refractivity contribution in [2.75, 3.05) is 18.8 Å². The van der Waals surface area contributed by atoms with Gasteiger partial charge in [-0.3, -0.25) is 9.59 Å². The highest BCUT2D eigenvalue weighted by molar-refractivity contribution is 7.99. The van der Waals surface area contributed by atoms with Gasteiger partial charge in [-0.05, 0) is 5.41 Å². The van der Waals surface area contributed by atoms with Gasteiger partial charge >= 0.3 is 5.97 Å². The summed E-state index contributed by atoms with van der Waals surface area (Å²) in [5.74, 6) is -0.671. The number of aliphatic carboxylic acids is 1. The predicted octanol–water partition coefficient (Wildman–Crippen LogP) is 1.31. The number of carbonyl (C=O) groups excluding carboxylic acids is 1. The molecule has 1 saturated heterocycles. The Bertz CT molecular complexity index is 356. The summed E-state index contributed by atoms with van der Waals surface area (Å²) >= 11 is 1.87. The minimum absolute atomic E-state index is 0.0366. The fourth-order valence-corrected chi connectivity index (χ4v) is 3.79. The second-order valence-corrected chi connectivity index (χ2v) is 7.13. The van der Waals surface area contributed by atoms with Crippen molar-refractivity contribution < 1.29 is 14.7 Å². The van der Waals surface area contributed by atoms with Gasteiger partial charge in [0.1, 0.15) is 0 Å². The van der Waals surface area contributed by atoms with Gasteiger partial charge in [-0.1, -0.05) is 20.8 Å². The van der Waals surface area contributed by atoms with E-state index in [-0.39, 0.29) is 17.2 Å².